The molecular weight excluding hydrogens is 276 g/mol. The number of hydrogen-bond donors (Lipinski definition) is 2. The number of nitrogens with one attached hydrogen (secondary N) is 1. The van der Waals surface area contributed by atoms with E-state index in [-0.39, 0.29) is 6.54 Å². The van der Waals surface area contributed by atoms with Crippen molar-refractivity contribution < 1.29 is 9.72 Å². The number of pyridine rings is 1. The molecule has 0 aliphatic carbocycles. The van der Waals surface area contributed by atoms with Crippen molar-refractivity contribution in [1.82, 2.24) is 9.99 Å². The molecule has 8 heteroatoms. The van der Waals surface area contributed by atoms with E-state index in [1.165, 1.54) is 16.8 Å². The third-order valence-corrected chi connectivity index (χ3v) is 2.87. The Labute approximate surface area is 118 Å². The van der Waals surface area contributed by atoms with E-state index in [2.05, 4.69) is 0 Å². The van der Waals surface area contributed by atoms with Gasteiger partial charge in [-0.3, -0.25) is 25.1 Å². The first-order chi connectivity index (χ1) is 10.0. The Morgan fingerprint density at radius 1 is 1.33 bits per heavy atom. The van der Waals surface area contributed by atoms with E-state index in [0.29, 0.717) is 11.1 Å². The molecular formula is C13H12N4O4. The Morgan fingerprint density at radius 3 is 2.76 bits per heavy atom. The van der Waals surface area contributed by atoms with E-state index in [1.54, 1.807) is 24.3 Å². The van der Waals surface area contributed by atoms with Crippen molar-refractivity contribution >= 4 is 11.6 Å². The summed E-state index contributed by atoms with van der Waals surface area (Å²) in [5.74, 6) is 4.60. The topological polar surface area (TPSA) is 120 Å². The van der Waals surface area contributed by atoms with Gasteiger partial charge in [-0.1, -0.05) is 12.1 Å². The van der Waals surface area contributed by atoms with Crippen LogP contribution in [0.15, 0.2) is 47.4 Å². The zero-order valence-corrected chi connectivity index (χ0v) is 10.9. The molecule has 0 fully saturated rings. The zero-order valence-electron chi connectivity index (χ0n) is 10.9. The summed E-state index contributed by atoms with van der Waals surface area (Å²) in [6.07, 6.45) is 1.45. The highest BCUT2D eigenvalue weighted by Crippen LogP contribution is 2.08. The molecule has 3 N–H and O–H groups in total. The van der Waals surface area contributed by atoms with Crippen LogP contribution in [0.5, 0.6) is 0 Å². The highest BCUT2D eigenvalue weighted by molar-refractivity contribution is 5.93. The summed E-state index contributed by atoms with van der Waals surface area (Å²) < 4.78 is 1.21. The molecule has 2 aromatic rings. The molecule has 0 unspecified atom stereocenters. The summed E-state index contributed by atoms with van der Waals surface area (Å²) in [5, 5.41) is 10.7. The zero-order chi connectivity index (χ0) is 15.4. The van der Waals surface area contributed by atoms with Crippen molar-refractivity contribution in [2.24, 2.45) is 5.84 Å². The van der Waals surface area contributed by atoms with Crippen molar-refractivity contribution in [3.8, 4) is 0 Å². The first kappa shape index (κ1) is 14.4. The van der Waals surface area contributed by atoms with Gasteiger partial charge in [-0.15, -0.1) is 0 Å². The van der Waals surface area contributed by atoms with Crippen molar-refractivity contribution in [2.75, 3.05) is 0 Å². The van der Waals surface area contributed by atoms with Crippen LogP contribution in [-0.2, 0) is 6.54 Å². The van der Waals surface area contributed by atoms with Crippen molar-refractivity contribution in [3.05, 3.63) is 74.2 Å². The summed E-state index contributed by atoms with van der Waals surface area (Å²) in [4.78, 5) is 33.4. The second-order valence-corrected chi connectivity index (χ2v) is 4.26. The normalized spacial score (nSPS) is 10.1. The smallest absolute Gasteiger partial charge is 0.305 e. The van der Waals surface area contributed by atoms with Gasteiger partial charge < -0.3 is 4.57 Å². The lowest BCUT2D eigenvalue weighted by atomic mass is 10.1. The van der Waals surface area contributed by atoms with Gasteiger partial charge >= 0.3 is 11.2 Å². The standard InChI is InChI=1S/C13H12N4O4/c14-15-12(18)10-4-1-3-9(7-10)8-16-6-2-5-11(13(16)19)17(20)21/h1-7H,8,14H2,(H,15,18). The van der Waals surface area contributed by atoms with Crippen LogP contribution in [0.1, 0.15) is 15.9 Å². The van der Waals surface area contributed by atoms with E-state index < -0.39 is 22.1 Å². The lowest BCUT2D eigenvalue weighted by molar-refractivity contribution is -0.386. The average Bonchev–Trinajstić information content (AvgIpc) is 2.48. The van der Waals surface area contributed by atoms with Crippen molar-refractivity contribution in [1.29, 1.82) is 0 Å². The van der Waals surface area contributed by atoms with Gasteiger partial charge in [0.25, 0.3) is 5.91 Å². The number of nitrogens with zero attached hydrogens (tertiary/aromatic N) is 2. The Kier molecular flexibility index (Phi) is 4.10. The van der Waals surface area contributed by atoms with Gasteiger partial charge in [0.15, 0.2) is 0 Å². The molecule has 0 bridgehead atoms. The molecule has 0 saturated carbocycles. The lowest BCUT2D eigenvalue weighted by Gasteiger charge is -2.07. The van der Waals surface area contributed by atoms with Crippen LogP contribution >= 0.6 is 0 Å². The fourth-order valence-electron chi connectivity index (χ4n) is 1.88. The second-order valence-electron chi connectivity index (χ2n) is 4.26. The number of amides is 1. The lowest BCUT2D eigenvalue weighted by Crippen LogP contribution is -2.30. The number of carbonyl (C=O) groups is 1. The maximum atomic E-state index is 11.9. The molecule has 1 amide bonds. The summed E-state index contributed by atoms with van der Waals surface area (Å²) in [5.41, 5.74) is 1.81. The van der Waals surface area contributed by atoms with Gasteiger partial charge in [-0.2, -0.15) is 0 Å². The van der Waals surface area contributed by atoms with Gasteiger partial charge in [0.1, 0.15) is 0 Å². The SMILES string of the molecule is NNC(=O)c1cccc(Cn2cccc([N+](=O)[O-])c2=O)c1. The van der Waals surface area contributed by atoms with E-state index >= 15 is 0 Å². The molecule has 21 heavy (non-hydrogen) atoms. The van der Waals surface area contributed by atoms with E-state index in [9.17, 15) is 19.7 Å². The minimum absolute atomic E-state index is 0.117. The molecule has 1 heterocycles. The summed E-state index contributed by atoms with van der Waals surface area (Å²) in [7, 11) is 0. The number of aromatic nitrogens is 1. The quantitative estimate of drug-likeness (QED) is 0.365. The molecule has 2 rings (SSSR count). The van der Waals surface area contributed by atoms with Crippen LogP contribution in [0.4, 0.5) is 5.69 Å². The number of nitrogens with two attached hydrogens (primary N) is 1. The van der Waals surface area contributed by atoms with Crippen LogP contribution < -0.4 is 16.8 Å². The van der Waals surface area contributed by atoms with Gasteiger partial charge in [0, 0.05) is 17.8 Å². The van der Waals surface area contributed by atoms with Crippen LogP contribution in [0.3, 0.4) is 0 Å². The molecule has 0 aliphatic rings. The maximum Gasteiger partial charge on any atom is 0.334 e. The van der Waals surface area contributed by atoms with Gasteiger partial charge in [0.05, 0.1) is 11.5 Å². The average molecular weight is 288 g/mol. The first-order valence-electron chi connectivity index (χ1n) is 5.96. The first-order valence-corrected chi connectivity index (χ1v) is 5.96. The summed E-state index contributed by atoms with van der Waals surface area (Å²) in [6.45, 7) is 0.117. The molecule has 0 saturated heterocycles. The monoisotopic (exact) mass is 288 g/mol. The van der Waals surface area contributed by atoms with E-state index in [0.717, 1.165) is 6.07 Å². The van der Waals surface area contributed by atoms with E-state index in [4.69, 9.17) is 5.84 Å². The molecule has 8 nitrogen and oxygen atoms in total. The van der Waals surface area contributed by atoms with Gasteiger partial charge in [-0.05, 0) is 23.8 Å². The van der Waals surface area contributed by atoms with Crippen molar-refractivity contribution in [3.63, 3.8) is 0 Å². The van der Waals surface area contributed by atoms with Crippen LogP contribution in [0, 0.1) is 10.1 Å². The largest absolute Gasteiger partial charge is 0.334 e. The molecule has 108 valence electrons. The highest BCUT2D eigenvalue weighted by atomic mass is 16.6. The number of rotatable bonds is 4. The maximum absolute atomic E-state index is 11.9. The number of hydrogen-bond acceptors (Lipinski definition) is 5. The third kappa shape index (κ3) is 3.12. The van der Waals surface area contributed by atoms with Crippen LogP contribution in [-0.4, -0.2) is 15.4 Å². The molecule has 0 spiro atoms. The number of nitrogen functional groups attached to an aromatic ring is 1. The third-order valence-electron chi connectivity index (χ3n) is 2.87. The Hall–Kier alpha value is -3.00. The fraction of sp³-hybridized carbons (Fsp3) is 0.0769. The molecule has 0 radical (unpaired) electrons. The predicted octanol–water partition coefficient (Wildman–Crippen LogP) is 0.408. The predicted molar refractivity (Wildman–Crippen MR) is 74.6 cm³/mol. The molecule has 0 aliphatic heterocycles. The fourth-order valence-corrected chi connectivity index (χ4v) is 1.88. The number of benzene rings is 1. The number of carbonyl (C=O) groups excluding carboxylic acids is 1. The Balaban J connectivity index is 2.35. The van der Waals surface area contributed by atoms with Crippen LogP contribution in [0.25, 0.3) is 0 Å². The van der Waals surface area contributed by atoms with Crippen LogP contribution in [0.2, 0.25) is 0 Å². The minimum atomic E-state index is -0.725. The number of nitro groups is 1. The molecule has 1 aromatic heterocycles. The van der Waals surface area contributed by atoms with Gasteiger partial charge in [-0.25, -0.2) is 5.84 Å². The Bertz CT molecular complexity index is 754. The second kappa shape index (κ2) is 5.97. The van der Waals surface area contributed by atoms with Gasteiger partial charge in [0.2, 0.25) is 0 Å². The Morgan fingerprint density at radius 2 is 2.10 bits per heavy atom. The summed E-state index contributed by atoms with van der Waals surface area (Å²) in [6, 6.07) is 9.06. The minimum Gasteiger partial charge on any atom is -0.305 e. The van der Waals surface area contributed by atoms with E-state index in [1.807, 2.05) is 5.43 Å². The number of hydrazine groups is 1. The molecule has 0 atom stereocenters. The summed E-state index contributed by atoms with van der Waals surface area (Å²) >= 11 is 0. The van der Waals surface area contributed by atoms with Crippen molar-refractivity contribution in [2.45, 2.75) is 6.54 Å². The highest BCUT2D eigenvalue weighted by Gasteiger charge is 2.13. The molecule has 1 aromatic carbocycles.